The number of methoxy groups -OCH3 is 1. The summed E-state index contributed by atoms with van der Waals surface area (Å²) in [6.07, 6.45) is 1.64. The Balaban J connectivity index is 1.99. The Morgan fingerprint density at radius 3 is 2.68 bits per heavy atom. The van der Waals surface area contributed by atoms with E-state index in [1.165, 1.54) is 19.2 Å². The van der Waals surface area contributed by atoms with Crippen molar-refractivity contribution in [3.63, 3.8) is 0 Å². The van der Waals surface area contributed by atoms with Crippen molar-refractivity contribution in [3.8, 4) is 11.5 Å². The van der Waals surface area contributed by atoms with E-state index in [1.807, 2.05) is 0 Å². The van der Waals surface area contributed by atoms with Crippen molar-refractivity contribution in [2.24, 2.45) is 5.10 Å². The number of nitrogens with one attached hydrogen (secondary N) is 1. The van der Waals surface area contributed by atoms with Crippen LogP contribution in [0.5, 0.6) is 11.5 Å². The third-order valence-electron chi connectivity index (χ3n) is 3.64. The Morgan fingerprint density at radius 1 is 1.24 bits per heavy atom. The van der Waals surface area contributed by atoms with Crippen molar-refractivity contribution in [1.29, 1.82) is 0 Å². The van der Waals surface area contributed by atoms with Crippen LogP contribution in [0.3, 0.4) is 0 Å². The monoisotopic (exact) mass is 340 g/mol. The Labute approximate surface area is 143 Å². The first kappa shape index (κ1) is 16.4. The molecule has 8 heteroatoms. The topological polar surface area (TPSA) is 108 Å². The van der Waals surface area contributed by atoms with Gasteiger partial charge in [0.1, 0.15) is 0 Å². The summed E-state index contributed by atoms with van der Waals surface area (Å²) < 4.78 is 5.07. The third-order valence-corrected chi connectivity index (χ3v) is 3.64. The molecule has 2 N–H and O–H groups in total. The largest absolute Gasteiger partial charge is 0.504 e. The molecule has 2 aromatic rings. The van der Waals surface area contributed by atoms with Gasteiger partial charge in [-0.1, -0.05) is 6.07 Å². The summed E-state index contributed by atoms with van der Waals surface area (Å²) in [5.41, 5.74) is 1.64. The Kier molecular flexibility index (Phi) is 4.10. The molecule has 0 saturated carbocycles. The van der Waals surface area contributed by atoms with Crippen LogP contribution in [0.4, 0.5) is 5.95 Å². The molecule has 0 spiro atoms. The highest BCUT2D eigenvalue weighted by Gasteiger charge is 2.30. The van der Waals surface area contributed by atoms with Crippen molar-refractivity contribution in [3.05, 3.63) is 51.4 Å². The maximum absolute atomic E-state index is 12.7. The van der Waals surface area contributed by atoms with E-state index < -0.39 is 5.91 Å². The Hall–Kier alpha value is -3.42. The van der Waals surface area contributed by atoms with Crippen molar-refractivity contribution in [1.82, 2.24) is 9.97 Å². The molecule has 1 aliphatic heterocycles. The van der Waals surface area contributed by atoms with E-state index in [9.17, 15) is 14.7 Å². The molecule has 0 radical (unpaired) electrons. The van der Waals surface area contributed by atoms with Gasteiger partial charge < -0.3 is 9.84 Å². The number of nitrogens with zero attached hydrogens (tertiary/aromatic N) is 3. The number of carbonyl (C=O) groups is 1. The maximum atomic E-state index is 12.7. The highest BCUT2D eigenvalue weighted by Crippen LogP contribution is 2.28. The van der Waals surface area contributed by atoms with E-state index in [-0.39, 0.29) is 17.3 Å². The number of carbonyl (C=O) groups excluding carboxylic acids is 1. The standard InChI is InChI=1S/C17H16N4O4/c1-9-6-15(23)19-17(18-9)21-16(24)12(10(2)20-21)7-11-4-5-13(22)14(8-11)25-3/h4-8,22H,1-3H3,(H,18,19,23)/b12-7-. The van der Waals surface area contributed by atoms with Crippen LogP contribution in [-0.2, 0) is 4.79 Å². The molecule has 1 aliphatic rings. The van der Waals surface area contributed by atoms with Crippen LogP contribution < -0.4 is 15.3 Å². The molecular weight excluding hydrogens is 324 g/mol. The number of hydrazone groups is 1. The smallest absolute Gasteiger partial charge is 0.283 e. The van der Waals surface area contributed by atoms with Crippen LogP contribution in [0, 0.1) is 6.92 Å². The van der Waals surface area contributed by atoms with Crippen LogP contribution in [-0.4, -0.2) is 33.8 Å². The summed E-state index contributed by atoms with van der Waals surface area (Å²) in [5.74, 6) is -0.0220. The number of aryl methyl sites for hydroxylation is 1. The maximum Gasteiger partial charge on any atom is 0.283 e. The van der Waals surface area contributed by atoms with Gasteiger partial charge in [-0.25, -0.2) is 4.98 Å². The van der Waals surface area contributed by atoms with E-state index in [1.54, 1.807) is 32.1 Å². The van der Waals surface area contributed by atoms with Gasteiger partial charge >= 0.3 is 0 Å². The molecule has 0 saturated heterocycles. The lowest BCUT2D eigenvalue weighted by atomic mass is 10.1. The number of hydrogen-bond donors (Lipinski definition) is 2. The van der Waals surface area contributed by atoms with Gasteiger partial charge in [0.2, 0.25) is 5.95 Å². The number of aromatic nitrogens is 2. The van der Waals surface area contributed by atoms with E-state index in [2.05, 4.69) is 15.1 Å². The van der Waals surface area contributed by atoms with E-state index in [0.717, 1.165) is 5.01 Å². The third kappa shape index (κ3) is 3.14. The van der Waals surface area contributed by atoms with Gasteiger partial charge in [-0.15, -0.1) is 0 Å². The lowest BCUT2D eigenvalue weighted by molar-refractivity contribution is -0.114. The normalized spacial score (nSPS) is 15.6. The van der Waals surface area contributed by atoms with E-state index >= 15 is 0 Å². The van der Waals surface area contributed by atoms with E-state index in [0.29, 0.717) is 28.3 Å². The minimum Gasteiger partial charge on any atom is -0.504 e. The van der Waals surface area contributed by atoms with Gasteiger partial charge in [0.15, 0.2) is 11.5 Å². The van der Waals surface area contributed by atoms with Crippen molar-refractivity contribution >= 4 is 23.6 Å². The zero-order chi connectivity index (χ0) is 18.1. The first-order valence-corrected chi connectivity index (χ1v) is 7.45. The minimum atomic E-state index is -0.404. The van der Waals surface area contributed by atoms with Crippen molar-refractivity contribution in [2.45, 2.75) is 13.8 Å². The van der Waals surface area contributed by atoms with E-state index in [4.69, 9.17) is 4.74 Å². The van der Waals surface area contributed by atoms with Crippen LogP contribution in [0.25, 0.3) is 6.08 Å². The molecule has 0 fully saturated rings. The van der Waals surface area contributed by atoms with Gasteiger partial charge in [0.05, 0.1) is 18.4 Å². The lowest BCUT2D eigenvalue weighted by Gasteiger charge is -2.10. The number of amides is 1. The second kappa shape index (κ2) is 6.23. The van der Waals surface area contributed by atoms with Crippen LogP contribution >= 0.6 is 0 Å². The SMILES string of the molecule is COc1cc(/C=C2\C(=O)N(c3nc(C)cc(=O)[nH]3)N=C2C)ccc1O. The number of aromatic hydroxyl groups is 1. The number of aromatic amines is 1. The molecule has 0 unspecified atom stereocenters. The predicted molar refractivity (Wildman–Crippen MR) is 92.8 cm³/mol. The lowest BCUT2D eigenvalue weighted by Crippen LogP contribution is -2.26. The number of anilines is 1. The number of phenolic OH excluding ortho intramolecular Hbond substituents is 1. The molecule has 0 atom stereocenters. The molecule has 8 nitrogen and oxygen atoms in total. The number of phenols is 1. The fourth-order valence-corrected chi connectivity index (χ4v) is 2.44. The number of H-pyrrole nitrogens is 1. The van der Waals surface area contributed by atoms with Gasteiger partial charge in [0.25, 0.3) is 11.5 Å². The van der Waals surface area contributed by atoms with Crippen LogP contribution in [0.1, 0.15) is 18.2 Å². The summed E-state index contributed by atoms with van der Waals surface area (Å²) in [5, 5.41) is 14.9. The highest BCUT2D eigenvalue weighted by molar-refractivity contribution is 6.31. The van der Waals surface area contributed by atoms with Crippen molar-refractivity contribution in [2.75, 3.05) is 12.1 Å². The highest BCUT2D eigenvalue weighted by atomic mass is 16.5. The zero-order valence-corrected chi connectivity index (χ0v) is 13.9. The molecular formula is C17H16N4O4. The summed E-state index contributed by atoms with van der Waals surface area (Å²) in [6, 6.07) is 6.08. The summed E-state index contributed by atoms with van der Waals surface area (Å²) in [7, 11) is 1.45. The van der Waals surface area contributed by atoms with Crippen molar-refractivity contribution < 1.29 is 14.6 Å². The van der Waals surface area contributed by atoms with Gasteiger partial charge in [-0.05, 0) is 37.6 Å². The first-order chi connectivity index (χ1) is 11.9. The fraction of sp³-hybridized carbons (Fsp3) is 0.176. The van der Waals surface area contributed by atoms with Crippen LogP contribution in [0.2, 0.25) is 0 Å². The quantitative estimate of drug-likeness (QED) is 0.825. The predicted octanol–water partition coefficient (Wildman–Crippen LogP) is 1.60. The Bertz CT molecular complexity index is 975. The average Bonchev–Trinajstić information content (AvgIpc) is 2.83. The molecule has 1 aromatic heterocycles. The fourth-order valence-electron chi connectivity index (χ4n) is 2.44. The molecule has 0 aliphatic carbocycles. The zero-order valence-electron chi connectivity index (χ0n) is 13.9. The molecule has 128 valence electrons. The average molecular weight is 340 g/mol. The van der Waals surface area contributed by atoms with Crippen LogP contribution in [0.15, 0.2) is 39.7 Å². The number of hydrogen-bond acceptors (Lipinski definition) is 6. The minimum absolute atomic E-state index is 0.0101. The van der Waals surface area contributed by atoms with Gasteiger partial charge in [0, 0.05) is 11.8 Å². The second-order valence-corrected chi connectivity index (χ2v) is 5.50. The first-order valence-electron chi connectivity index (χ1n) is 7.45. The Morgan fingerprint density at radius 2 is 2.00 bits per heavy atom. The second-order valence-electron chi connectivity index (χ2n) is 5.50. The number of ether oxygens (including phenoxy) is 1. The molecule has 3 rings (SSSR count). The molecule has 25 heavy (non-hydrogen) atoms. The summed E-state index contributed by atoms with van der Waals surface area (Å²) in [4.78, 5) is 30.9. The molecule has 0 bridgehead atoms. The summed E-state index contributed by atoms with van der Waals surface area (Å²) >= 11 is 0. The molecule has 2 heterocycles. The number of benzene rings is 1. The molecule has 1 aromatic carbocycles. The molecule has 1 amide bonds. The van der Waals surface area contributed by atoms with Gasteiger partial charge in [-0.3, -0.25) is 14.6 Å². The number of rotatable bonds is 3. The van der Waals surface area contributed by atoms with Gasteiger partial charge in [-0.2, -0.15) is 10.1 Å². The summed E-state index contributed by atoms with van der Waals surface area (Å²) in [6.45, 7) is 3.35.